The Morgan fingerprint density at radius 3 is 1.84 bits per heavy atom. The lowest BCUT2D eigenvalue weighted by atomic mass is 9.77. The van der Waals surface area contributed by atoms with Gasteiger partial charge < -0.3 is 9.47 Å². The number of rotatable bonds is 9. The van der Waals surface area contributed by atoms with Gasteiger partial charge >= 0.3 is 23.9 Å². The zero-order valence-electron chi connectivity index (χ0n) is 16.8. The van der Waals surface area contributed by atoms with Crippen LogP contribution in [-0.4, -0.2) is 37.2 Å². The predicted octanol–water partition coefficient (Wildman–Crippen LogP) is 7.58. The molecular formula is C19H23F9O2S. The van der Waals surface area contributed by atoms with Gasteiger partial charge in [0.2, 0.25) is 0 Å². The van der Waals surface area contributed by atoms with Gasteiger partial charge in [0.1, 0.15) is 0 Å². The van der Waals surface area contributed by atoms with E-state index in [1.807, 2.05) is 13.8 Å². The predicted molar refractivity (Wildman–Crippen MR) is 96.6 cm³/mol. The number of ether oxygens (including phenoxy) is 2. The average molecular weight is 486 g/mol. The summed E-state index contributed by atoms with van der Waals surface area (Å²) in [6, 6.07) is 0. The third-order valence-corrected chi connectivity index (χ3v) is 6.03. The molecule has 0 saturated heterocycles. The van der Waals surface area contributed by atoms with Gasteiger partial charge in [0.05, 0.1) is 13.2 Å². The van der Waals surface area contributed by atoms with Crippen molar-refractivity contribution in [3.63, 3.8) is 0 Å². The Hall–Kier alpha value is -1.33. The molecule has 2 rings (SSSR count). The zero-order chi connectivity index (χ0) is 23.7. The summed E-state index contributed by atoms with van der Waals surface area (Å²) in [5.41, 5.74) is -1.25. The molecule has 2 nitrogen and oxygen atoms in total. The number of halogens is 9. The van der Waals surface area contributed by atoms with Crippen LogP contribution in [-0.2, 0) is 0 Å². The van der Waals surface area contributed by atoms with Crippen molar-refractivity contribution < 1.29 is 49.0 Å². The molecule has 180 valence electrons. The van der Waals surface area contributed by atoms with Crippen LogP contribution in [0.2, 0.25) is 0 Å². The minimum atomic E-state index is -6.88. The minimum Gasteiger partial charge on any atom is -0.488 e. The summed E-state index contributed by atoms with van der Waals surface area (Å²) in [6.45, 7) is 3.40. The molecule has 0 unspecified atom stereocenters. The van der Waals surface area contributed by atoms with Crippen LogP contribution in [0.4, 0.5) is 39.5 Å². The summed E-state index contributed by atoms with van der Waals surface area (Å²) >= 11 is 1.25. The molecule has 0 amide bonds. The van der Waals surface area contributed by atoms with E-state index in [1.54, 1.807) is 10.8 Å². The van der Waals surface area contributed by atoms with E-state index in [9.17, 15) is 39.5 Å². The normalized spacial score (nSPS) is 17.7. The van der Waals surface area contributed by atoms with Crippen LogP contribution in [0.1, 0.15) is 46.0 Å². The second kappa shape index (κ2) is 8.90. The maximum atomic E-state index is 14.1. The Balaban J connectivity index is 2.21. The molecule has 0 saturated carbocycles. The molecule has 31 heavy (non-hydrogen) atoms. The molecule has 0 fully saturated rings. The molecule has 0 N–H and O–H groups in total. The van der Waals surface area contributed by atoms with Gasteiger partial charge in [0, 0.05) is 22.6 Å². The number of hydrogen-bond donors (Lipinski definition) is 0. The molecule has 1 aliphatic rings. The van der Waals surface area contributed by atoms with Crippen LogP contribution in [0.15, 0.2) is 10.8 Å². The fourth-order valence-electron chi connectivity index (χ4n) is 3.27. The lowest BCUT2D eigenvalue weighted by Crippen LogP contribution is -2.61. The van der Waals surface area contributed by atoms with Crippen molar-refractivity contribution in [2.75, 3.05) is 13.2 Å². The lowest BCUT2D eigenvalue weighted by Gasteiger charge is -2.37. The van der Waals surface area contributed by atoms with Crippen LogP contribution in [0.25, 0.3) is 0 Å². The van der Waals surface area contributed by atoms with Gasteiger partial charge in [-0.1, -0.05) is 26.7 Å². The monoisotopic (exact) mass is 486 g/mol. The van der Waals surface area contributed by atoms with Crippen LogP contribution < -0.4 is 9.47 Å². The Morgan fingerprint density at radius 1 is 0.871 bits per heavy atom. The first-order valence-electron chi connectivity index (χ1n) is 9.57. The highest BCUT2D eigenvalue weighted by molar-refractivity contribution is 7.08. The van der Waals surface area contributed by atoms with Crippen molar-refractivity contribution in [3.8, 4) is 11.5 Å². The Labute approximate surface area is 177 Å². The second-order valence-corrected chi connectivity index (χ2v) is 9.06. The van der Waals surface area contributed by atoms with E-state index in [0.717, 1.165) is 0 Å². The standard InChI is InChI=1S/C19H23F9O2S/c1-12(2)4-3-5-15(10-29-13-8-31-9-14(13)30-11-15)6-7-16(20,21)17(22,23)18(24,25)19(26,27)28/h8-9,12H,3-7,10-11H2,1-2H3. The van der Waals surface area contributed by atoms with E-state index >= 15 is 0 Å². The first kappa shape index (κ1) is 25.9. The van der Waals surface area contributed by atoms with Crippen molar-refractivity contribution in [2.24, 2.45) is 11.3 Å². The molecule has 0 aliphatic carbocycles. The van der Waals surface area contributed by atoms with Gasteiger partial charge in [0.15, 0.2) is 11.5 Å². The van der Waals surface area contributed by atoms with Crippen LogP contribution in [0, 0.1) is 11.3 Å². The molecule has 12 heteroatoms. The van der Waals surface area contributed by atoms with Gasteiger partial charge in [-0.25, -0.2) is 0 Å². The maximum absolute atomic E-state index is 14.1. The van der Waals surface area contributed by atoms with Gasteiger partial charge in [-0.15, -0.1) is 11.3 Å². The average Bonchev–Trinajstić information content (AvgIpc) is 3.02. The molecule has 1 aromatic rings. The van der Waals surface area contributed by atoms with Crippen LogP contribution >= 0.6 is 11.3 Å². The molecule has 0 atom stereocenters. The smallest absolute Gasteiger partial charge is 0.460 e. The molecule has 0 bridgehead atoms. The summed E-state index contributed by atoms with van der Waals surface area (Å²) in [6.07, 6.45) is -8.14. The summed E-state index contributed by atoms with van der Waals surface area (Å²) in [5, 5.41) is 3.18. The van der Waals surface area contributed by atoms with Gasteiger partial charge in [-0.05, 0) is 18.8 Å². The van der Waals surface area contributed by atoms with E-state index in [1.165, 1.54) is 11.3 Å². The van der Waals surface area contributed by atoms with Crippen molar-refractivity contribution in [2.45, 2.75) is 69.9 Å². The summed E-state index contributed by atoms with van der Waals surface area (Å²) in [5.74, 6) is -18.2. The largest absolute Gasteiger partial charge is 0.488 e. The molecule has 1 aromatic heterocycles. The Morgan fingerprint density at radius 2 is 1.39 bits per heavy atom. The quantitative estimate of drug-likeness (QED) is 0.335. The zero-order valence-corrected chi connectivity index (χ0v) is 17.6. The van der Waals surface area contributed by atoms with E-state index in [4.69, 9.17) is 9.47 Å². The third-order valence-electron chi connectivity index (χ3n) is 5.33. The van der Waals surface area contributed by atoms with Crippen LogP contribution in [0.5, 0.6) is 11.5 Å². The van der Waals surface area contributed by atoms with Crippen molar-refractivity contribution >= 4 is 11.3 Å². The van der Waals surface area contributed by atoms with E-state index in [-0.39, 0.29) is 25.6 Å². The van der Waals surface area contributed by atoms with Crippen molar-refractivity contribution in [1.29, 1.82) is 0 Å². The Kier molecular flexibility index (Phi) is 7.44. The van der Waals surface area contributed by atoms with E-state index in [0.29, 0.717) is 24.3 Å². The SMILES string of the molecule is CC(C)CCCC1(CCC(F)(F)C(F)(F)C(F)(F)C(F)(F)F)COc2cscc2OC1. The topological polar surface area (TPSA) is 18.5 Å². The van der Waals surface area contributed by atoms with Crippen molar-refractivity contribution in [1.82, 2.24) is 0 Å². The highest BCUT2D eigenvalue weighted by atomic mass is 32.1. The molecule has 0 radical (unpaired) electrons. The van der Waals surface area contributed by atoms with Crippen molar-refractivity contribution in [3.05, 3.63) is 10.8 Å². The molecule has 1 aliphatic heterocycles. The van der Waals surface area contributed by atoms with E-state index in [2.05, 4.69) is 0 Å². The van der Waals surface area contributed by atoms with E-state index < -0.39 is 42.2 Å². The summed E-state index contributed by atoms with van der Waals surface area (Å²) in [4.78, 5) is 0. The van der Waals surface area contributed by atoms with Gasteiger partial charge in [-0.2, -0.15) is 39.5 Å². The van der Waals surface area contributed by atoms with Crippen LogP contribution in [0.3, 0.4) is 0 Å². The fourth-order valence-corrected chi connectivity index (χ4v) is 3.96. The minimum absolute atomic E-state index is 0.191. The second-order valence-electron chi connectivity index (χ2n) is 8.31. The number of alkyl halides is 9. The number of fused-ring (bicyclic) bond motifs is 1. The summed E-state index contributed by atoms with van der Waals surface area (Å²) < 4.78 is 130. The molecular weight excluding hydrogens is 463 g/mol. The van der Waals surface area contributed by atoms with Gasteiger partial charge in [-0.3, -0.25) is 0 Å². The lowest BCUT2D eigenvalue weighted by molar-refractivity contribution is -0.397. The summed E-state index contributed by atoms with van der Waals surface area (Å²) in [7, 11) is 0. The van der Waals surface area contributed by atoms with Gasteiger partial charge in [0.25, 0.3) is 0 Å². The first-order valence-corrected chi connectivity index (χ1v) is 10.5. The Bertz CT molecular complexity index is 706. The highest BCUT2D eigenvalue weighted by Crippen LogP contribution is 2.55. The number of hydrogen-bond acceptors (Lipinski definition) is 3. The number of thiophene rings is 1. The maximum Gasteiger partial charge on any atom is 0.460 e. The molecule has 0 spiro atoms. The molecule has 0 aromatic carbocycles. The fraction of sp³-hybridized carbons (Fsp3) is 0.789. The first-order chi connectivity index (χ1) is 14.0. The highest BCUT2D eigenvalue weighted by Gasteiger charge is 2.81. The third kappa shape index (κ3) is 5.36. The molecule has 2 heterocycles.